The van der Waals surface area contributed by atoms with E-state index in [9.17, 15) is 4.79 Å². The number of fused-ring (bicyclic) bond motifs is 3. The SMILES string of the molecule is C#Cc1ccc2c(c1)[nH]c1ncnc(NN3CCCC3=O)c12. The third kappa shape index (κ3) is 1.87. The van der Waals surface area contributed by atoms with Crippen molar-refractivity contribution in [2.75, 3.05) is 12.0 Å². The average Bonchev–Trinajstić information content (AvgIpc) is 3.10. The second kappa shape index (κ2) is 4.74. The van der Waals surface area contributed by atoms with Gasteiger partial charge in [0.25, 0.3) is 0 Å². The van der Waals surface area contributed by atoms with Crippen molar-refractivity contribution in [1.29, 1.82) is 0 Å². The quantitative estimate of drug-likeness (QED) is 0.709. The van der Waals surface area contributed by atoms with Gasteiger partial charge in [0.15, 0.2) is 5.82 Å². The number of carbonyl (C=O) groups is 1. The van der Waals surface area contributed by atoms with Crippen molar-refractivity contribution in [3.05, 3.63) is 30.1 Å². The van der Waals surface area contributed by atoms with Gasteiger partial charge in [0.05, 0.1) is 5.39 Å². The molecule has 0 aliphatic carbocycles. The molecule has 4 rings (SSSR count). The molecule has 0 radical (unpaired) electrons. The molecule has 22 heavy (non-hydrogen) atoms. The van der Waals surface area contributed by atoms with Gasteiger partial charge in [0.2, 0.25) is 5.91 Å². The third-order valence-corrected chi connectivity index (χ3v) is 3.87. The van der Waals surface area contributed by atoms with Gasteiger partial charge in [-0.2, -0.15) is 0 Å². The van der Waals surface area contributed by atoms with Gasteiger partial charge < -0.3 is 4.98 Å². The zero-order valence-electron chi connectivity index (χ0n) is 11.8. The van der Waals surface area contributed by atoms with Gasteiger partial charge >= 0.3 is 0 Å². The summed E-state index contributed by atoms with van der Waals surface area (Å²) in [4.78, 5) is 23.6. The fourth-order valence-electron chi connectivity index (χ4n) is 2.80. The van der Waals surface area contributed by atoms with Gasteiger partial charge in [0, 0.05) is 29.4 Å². The molecule has 1 saturated heterocycles. The number of amides is 1. The Labute approximate surface area is 126 Å². The maximum absolute atomic E-state index is 11.8. The van der Waals surface area contributed by atoms with E-state index in [2.05, 4.69) is 26.3 Å². The van der Waals surface area contributed by atoms with Gasteiger partial charge in [-0.05, 0) is 18.6 Å². The Kier molecular flexibility index (Phi) is 2.73. The van der Waals surface area contributed by atoms with Crippen LogP contribution >= 0.6 is 0 Å². The van der Waals surface area contributed by atoms with Crippen molar-refractivity contribution in [1.82, 2.24) is 20.0 Å². The predicted octanol–water partition coefficient (Wildman–Crippen LogP) is 2.04. The maximum Gasteiger partial charge on any atom is 0.241 e. The lowest BCUT2D eigenvalue weighted by molar-refractivity contribution is -0.126. The molecule has 108 valence electrons. The average molecular weight is 291 g/mol. The second-order valence-corrected chi connectivity index (χ2v) is 5.24. The number of aromatic nitrogens is 3. The highest BCUT2D eigenvalue weighted by molar-refractivity contribution is 6.11. The number of terminal acetylenes is 1. The number of benzene rings is 1. The monoisotopic (exact) mass is 291 g/mol. The number of nitrogens with one attached hydrogen (secondary N) is 2. The Morgan fingerprint density at radius 3 is 3.05 bits per heavy atom. The minimum absolute atomic E-state index is 0.0845. The largest absolute Gasteiger partial charge is 0.339 e. The maximum atomic E-state index is 11.8. The summed E-state index contributed by atoms with van der Waals surface area (Å²) in [5.74, 6) is 3.33. The van der Waals surface area contributed by atoms with Crippen molar-refractivity contribution < 1.29 is 4.79 Å². The minimum Gasteiger partial charge on any atom is -0.339 e. The van der Waals surface area contributed by atoms with Crippen LogP contribution in [0.1, 0.15) is 18.4 Å². The molecular weight excluding hydrogens is 278 g/mol. The van der Waals surface area contributed by atoms with E-state index >= 15 is 0 Å². The summed E-state index contributed by atoms with van der Waals surface area (Å²) in [6.45, 7) is 0.688. The number of rotatable bonds is 2. The number of anilines is 1. The summed E-state index contributed by atoms with van der Waals surface area (Å²) >= 11 is 0. The number of carbonyl (C=O) groups excluding carboxylic acids is 1. The van der Waals surface area contributed by atoms with E-state index in [1.165, 1.54) is 6.33 Å². The Balaban J connectivity index is 1.88. The molecule has 1 fully saturated rings. The summed E-state index contributed by atoms with van der Waals surface area (Å²) in [5.41, 5.74) is 5.54. The van der Waals surface area contributed by atoms with E-state index in [0.717, 1.165) is 28.3 Å². The smallest absolute Gasteiger partial charge is 0.241 e. The Hall–Kier alpha value is -3.07. The lowest BCUT2D eigenvalue weighted by atomic mass is 10.1. The van der Waals surface area contributed by atoms with E-state index in [1.54, 1.807) is 5.01 Å². The molecule has 2 aromatic heterocycles. The molecule has 0 unspecified atom stereocenters. The van der Waals surface area contributed by atoms with E-state index in [-0.39, 0.29) is 5.91 Å². The first-order chi connectivity index (χ1) is 10.8. The molecule has 1 aliphatic rings. The normalized spacial score (nSPS) is 14.7. The minimum atomic E-state index is 0.0845. The first-order valence-corrected chi connectivity index (χ1v) is 7.06. The number of nitrogens with zero attached hydrogens (tertiary/aromatic N) is 3. The van der Waals surface area contributed by atoms with Crippen LogP contribution in [0.3, 0.4) is 0 Å². The van der Waals surface area contributed by atoms with Crippen LogP contribution in [-0.2, 0) is 4.79 Å². The van der Waals surface area contributed by atoms with Crippen LogP contribution in [0, 0.1) is 12.3 Å². The molecule has 1 aliphatic heterocycles. The number of hydrogen-bond acceptors (Lipinski definition) is 4. The van der Waals surface area contributed by atoms with Crippen molar-refractivity contribution >= 4 is 33.7 Å². The van der Waals surface area contributed by atoms with Crippen LogP contribution in [0.25, 0.3) is 21.9 Å². The molecule has 0 bridgehead atoms. The van der Waals surface area contributed by atoms with E-state index in [4.69, 9.17) is 6.42 Å². The fourth-order valence-corrected chi connectivity index (χ4v) is 2.80. The first-order valence-electron chi connectivity index (χ1n) is 7.06. The van der Waals surface area contributed by atoms with Gasteiger partial charge in [-0.25, -0.2) is 9.97 Å². The Morgan fingerprint density at radius 1 is 1.36 bits per heavy atom. The van der Waals surface area contributed by atoms with Crippen molar-refractivity contribution in [3.8, 4) is 12.3 Å². The van der Waals surface area contributed by atoms with Crippen molar-refractivity contribution in [2.45, 2.75) is 12.8 Å². The summed E-state index contributed by atoms with van der Waals surface area (Å²) in [6, 6.07) is 5.74. The summed E-state index contributed by atoms with van der Waals surface area (Å²) in [6.07, 6.45) is 8.35. The summed E-state index contributed by atoms with van der Waals surface area (Å²) in [5, 5.41) is 3.45. The van der Waals surface area contributed by atoms with Crippen LogP contribution in [0.5, 0.6) is 0 Å². The number of H-pyrrole nitrogens is 1. The van der Waals surface area contributed by atoms with Gasteiger partial charge in [-0.15, -0.1) is 6.42 Å². The molecule has 1 aromatic carbocycles. The number of hydrogen-bond donors (Lipinski definition) is 2. The van der Waals surface area contributed by atoms with E-state index in [0.29, 0.717) is 24.4 Å². The third-order valence-electron chi connectivity index (χ3n) is 3.87. The highest BCUT2D eigenvalue weighted by Gasteiger charge is 2.22. The van der Waals surface area contributed by atoms with Crippen LogP contribution < -0.4 is 5.43 Å². The molecule has 3 aromatic rings. The van der Waals surface area contributed by atoms with Crippen LogP contribution in [0.15, 0.2) is 24.5 Å². The topological polar surface area (TPSA) is 73.9 Å². The lowest BCUT2D eigenvalue weighted by Gasteiger charge is -2.17. The van der Waals surface area contributed by atoms with Gasteiger partial charge in [-0.3, -0.25) is 15.2 Å². The molecule has 2 N–H and O–H groups in total. The molecule has 0 saturated carbocycles. The molecule has 3 heterocycles. The highest BCUT2D eigenvalue weighted by Crippen LogP contribution is 2.30. The molecule has 0 spiro atoms. The van der Waals surface area contributed by atoms with E-state index < -0.39 is 0 Å². The highest BCUT2D eigenvalue weighted by atomic mass is 16.2. The second-order valence-electron chi connectivity index (χ2n) is 5.24. The summed E-state index contributed by atoms with van der Waals surface area (Å²) in [7, 11) is 0. The summed E-state index contributed by atoms with van der Waals surface area (Å²) < 4.78 is 0. The van der Waals surface area contributed by atoms with Gasteiger partial charge in [0.1, 0.15) is 12.0 Å². The Bertz CT molecular complexity index is 937. The van der Waals surface area contributed by atoms with Crippen LogP contribution in [-0.4, -0.2) is 32.4 Å². The van der Waals surface area contributed by atoms with Gasteiger partial charge in [-0.1, -0.05) is 12.0 Å². The van der Waals surface area contributed by atoms with Crippen LogP contribution in [0.4, 0.5) is 5.82 Å². The lowest BCUT2D eigenvalue weighted by Crippen LogP contribution is -2.31. The van der Waals surface area contributed by atoms with Crippen molar-refractivity contribution in [2.24, 2.45) is 0 Å². The Morgan fingerprint density at radius 2 is 2.27 bits per heavy atom. The van der Waals surface area contributed by atoms with Crippen molar-refractivity contribution in [3.63, 3.8) is 0 Å². The molecule has 0 atom stereocenters. The standard InChI is InChI=1S/C16H13N5O/c1-2-10-5-6-11-12(8-10)19-15-14(11)16(18-9-17-15)20-21-7-3-4-13(21)22/h1,5-6,8-9H,3-4,7H2,(H2,17,18,19,20). The number of hydrazine groups is 1. The molecule has 6 heteroatoms. The predicted molar refractivity (Wildman–Crippen MR) is 83.9 cm³/mol. The van der Waals surface area contributed by atoms with E-state index in [1.807, 2.05) is 18.2 Å². The molecule has 1 amide bonds. The molecular formula is C16H13N5O. The fraction of sp³-hybridized carbons (Fsp3) is 0.188. The number of aromatic amines is 1. The van der Waals surface area contributed by atoms with Crippen LogP contribution in [0.2, 0.25) is 0 Å². The first kappa shape index (κ1) is 12.7. The zero-order valence-corrected chi connectivity index (χ0v) is 11.8. The molecule has 6 nitrogen and oxygen atoms in total. The zero-order chi connectivity index (χ0) is 15.1.